The molecule has 33 heavy (non-hydrogen) atoms. The summed E-state index contributed by atoms with van der Waals surface area (Å²) in [5.41, 5.74) is 1.38. The summed E-state index contributed by atoms with van der Waals surface area (Å²) in [7, 11) is -2.09. The average Bonchev–Trinajstić information content (AvgIpc) is 3.08. The summed E-state index contributed by atoms with van der Waals surface area (Å²) in [6.07, 6.45) is -0.0692. The van der Waals surface area contributed by atoms with E-state index in [-0.39, 0.29) is 40.4 Å². The molecule has 1 atom stereocenters. The standard InChI is InChI=1S/C23H28ClN3O5S/c1-4-26(5-2)21(16-6-9-18(32-3)10-7-16)15-25-23(29)19-11-8-17(14-20(19)24)27-22(28)12-13-33(27,30)31/h6-11,14,21H,4-5,12-13,15H2,1-3H3,(H,25,29). The van der Waals surface area contributed by atoms with E-state index in [4.69, 9.17) is 16.3 Å². The van der Waals surface area contributed by atoms with Crippen molar-refractivity contribution in [2.24, 2.45) is 0 Å². The number of amides is 2. The van der Waals surface area contributed by atoms with Crippen LogP contribution in [0, 0.1) is 0 Å². The van der Waals surface area contributed by atoms with E-state index in [1.807, 2.05) is 24.3 Å². The molecule has 0 bridgehead atoms. The highest BCUT2D eigenvalue weighted by Gasteiger charge is 2.36. The lowest BCUT2D eigenvalue weighted by Crippen LogP contribution is -2.38. The van der Waals surface area contributed by atoms with Crippen molar-refractivity contribution < 1.29 is 22.7 Å². The molecule has 0 radical (unpaired) electrons. The third-order valence-electron chi connectivity index (χ3n) is 5.72. The Bertz CT molecular complexity index is 1120. The van der Waals surface area contributed by atoms with Crippen molar-refractivity contribution >= 4 is 39.1 Å². The third kappa shape index (κ3) is 5.48. The second kappa shape index (κ2) is 10.5. The van der Waals surface area contributed by atoms with Gasteiger partial charge in [-0.25, -0.2) is 12.7 Å². The van der Waals surface area contributed by atoms with E-state index in [1.54, 1.807) is 7.11 Å². The van der Waals surface area contributed by atoms with E-state index in [2.05, 4.69) is 24.1 Å². The van der Waals surface area contributed by atoms with Crippen LogP contribution in [0.4, 0.5) is 5.69 Å². The van der Waals surface area contributed by atoms with E-state index >= 15 is 0 Å². The fourth-order valence-corrected chi connectivity index (χ4v) is 5.63. The van der Waals surface area contributed by atoms with Crippen LogP contribution in [-0.2, 0) is 14.8 Å². The Balaban J connectivity index is 1.78. The Morgan fingerprint density at radius 2 is 1.85 bits per heavy atom. The molecule has 3 rings (SSSR count). The molecule has 1 N–H and O–H groups in total. The number of benzene rings is 2. The van der Waals surface area contributed by atoms with Crippen molar-refractivity contribution in [2.75, 3.05) is 36.8 Å². The molecule has 8 nitrogen and oxygen atoms in total. The summed E-state index contributed by atoms with van der Waals surface area (Å²) in [6, 6.07) is 11.9. The van der Waals surface area contributed by atoms with E-state index in [0.29, 0.717) is 6.54 Å². The first-order valence-electron chi connectivity index (χ1n) is 10.7. The topological polar surface area (TPSA) is 96.0 Å². The smallest absolute Gasteiger partial charge is 0.252 e. The second-order valence-electron chi connectivity index (χ2n) is 7.61. The predicted molar refractivity (Wildman–Crippen MR) is 128 cm³/mol. The van der Waals surface area contributed by atoms with E-state index < -0.39 is 15.9 Å². The number of methoxy groups -OCH3 is 1. The van der Waals surface area contributed by atoms with Crippen LogP contribution in [0.25, 0.3) is 0 Å². The molecule has 2 aromatic carbocycles. The molecule has 0 saturated carbocycles. The third-order valence-corrected chi connectivity index (χ3v) is 7.72. The highest BCUT2D eigenvalue weighted by atomic mass is 35.5. The van der Waals surface area contributed by atoms with E-state index in [1.165, 1.54) is 18.2 Å². The zero-order valence-electron chi connectivity index (χ0n) is 18.9. The van der Waals surface area contributed by atoms with Gasteiger partial charge in [-0.3, -0.25) is 14.5 Å². The van der Waals surface area contributed by atoms with Gasteiger partial charge < -0.3 is 10.1 Å². The maximum atomic E-state index is 12.9. The maximum absolute atomic E-state index is 12.9. The molecule has 178 valence electrons. The molecule has 0 aliphatic carbocycles. The molecule has 0 aromatic heterocycles. The number of likely N-dealkylation sites (N-methyl/N-ethyl adjacent to an activating group) is 1. The Morgan fingerprint density at radius 1 is 1.18 bits per heavy atom. The van der Waals surface area contributed by atoms with Crippen LogP contribution in [-0.4, -0.2) is 57.6 Å². The van der Waals surface area contributed by atoms with Crippen molar-refractivity contribution in [3.8, 4) is 5.75 Å². The van der Waals surface area contributed by atoms with Crippen molar-refractivity contribution in [1.82, 2.24) is 10.2 Å². The Morgan fingerprint density at radius 3 is 2.36 bits per heavy atom. The normalized spacial score (nSPS) is 16.2. The largest absolute Gasteiger partial charge is 0.497 e. The summed E-state index contributed by atoms with van der Waals surface area (Å²) >= 11 is 6.31. The number of carbonyl (C=O) groups is 2. The fraction of sp³-hybridized carbons (Fsp3) is 0.391. The molecule has 1 fully saturated rings. The predicted octanol–water partition coefficient (Wildman–Crippen LogP) is 3.23. The SMILES string of the molecule is CCN(CC)C(CNC(=O)c1ccc(N2C(=O)CCS2(=O)=O)cc1Cl)c1ccc(OC)cc1. The van der Waals surface area contributed by atoms with Crippen molar-refractivity contribution in [1.29, 1.82) is 0 Å². The number of anilines is 1. The molecular weight excluding hydrogens is 466 g/mol. The maximum Gasteiger partial charge on any atom is 0.252 e. The molecule has 1 aliphatic heterocycles. The van der Waals surface area contributed by atoms with Crippen LogP contribution in [0.15, 0.2) is 42.5 Å². The molecule has 1 heterocycles. The lowest BCUT2D eigenvalue weighted by Gasteiger charge is -2.30. The lowest BCUT2D eigenvalue weighted by atomic mass is 10.0. The number of halogens is 1. The zero-order valence-corrected chi connectivity index (χ0v) is 20.4. The summed E-state index contributed by atoms with van der Waals surface area (Å²) in [5, 5.41) is 3.01. The molecule has 0 spiro atoms. The molecule has 1 unspecified atom stereocenters. The van der Waals surface area contributed by atoms with E-state index in [9.17, 15) is 18.0 Å². The van der Waals surface area contributed by atoms with Crippen LogP contribution < -0.4 is 14.4 Å². The van der Waals surface area contributed by atoms with Crippen LogP contribution in [0.3, 0.4) is 0 Å². The highest BCUT2D eigenvalue weighted by molar-refractivity contribution is 7.94. The van der Waals surface area contributed by atoms with Crippen LogP contribution in [0.2, 0.25) is 5.02 Å². The fourth-order valence-electron chi connectivity index (χ4n) is 3.92. The Hall–Kier alpha value is -2.62. The summed E-state index contributed by atoms with van der Waals surface area (Å²) in [5.74, 6) is -0.367. The first-order valence-corrected chi connectivity index (χ1v) is 12.7. The number of hydrogen-bond donors (Lipinski definition) is 1. The molecule has 2 aromatic rings. The Kier molecular flexibility index (Phi) is 7.99. The van der Waals surface area contributed by atoms with Gasteiger partial charge in [0, 0.05) is 13.0 Å². The molecule has 1 aliphatic rings. The average molecular weight is 494 g/mol. The first kappa shape index (κ1) is 25.0. The number of carbonyl (C=O) groups excluding carboxylic acids is 2. The van der Waals surface area contributed by atoms with Gasteiger partial charge >= 0.3 is 0 Å². The van der Waals surface area contributed by atoms with Gasteiger partial charge in [0.1, 0.15) is 5.75 Å². The number of nitrogens with zero attached hydrogens (tertiary/aromatic N) is 2. The summed E-state index contributed by atoms with van der Waals surface area (Å²) in [4.78, 5) is 27.1. The minimum atomic E-state index is -3.70. The van der Waals surface area contributed by atoms with Gasteiger partial charge in [-0.15, -0.1) is 0 Å². The van der Waals surface area contributed by atoms with Gasteiger partial charge in [0.15, 0.2) is 0 Å². The second-order valence-corrected chi connectivity index (χ2v) is 9.95. The van der Waals surface area contributed by atoms with Gasteiger partial charge in [-0.2, -0.15) is 0 Å². The van der Waals surface area contributed by atoms with Crippen LogP contribution in [0.1, 0.15) is 42.2 Å². The van der Waals surface area contributed by atoms with Gasteiger partial charge in [0.05, 0.1) is 35.2 Å². The van der Waals surface area contributed by atoms with Crippen LogP contribution >= 0.6 is 11.6 Å². The molecule has 1 saturated heterocycles. The lowest BCUT2D eigenvalue weighted by molar-refractivity contribution is -0.116. The van der Waals surface area contributed by atoms with Crippen molar-refractivity contribution in [2.45, 2.75) is 26.3 Å². The number of rotatable bonds is 9. The number of hydrogen-bond acceptors (Lipinski definition) is 6. The number of sulfonamides is 1. The summed E-state index contributed by atoms with van der Waals surface area (Å²) < 4.78 is 30.3. The van der Waals surface area contributed by atoms with Gasteiger partial charge in [-0.1, -0.05) is 37.6 Å². The van der Waals surface area contributed by atoms with Crippen molar-refractivity contribution in [3.05, 3.63) is 58.6 Å². The van der Waals surface area contributed by atoms with Crippen LogP contribution in [0.5, 0.6) is 5.75 Å². The minimum absolute atomic E-state index is 0.0553. The van der Waals surface area contributed by atoms with Gasteiger partial charge in [0.2, 0.25) is 15.9 Å². The first-order chi connectivity index (χ1) is 15.7. The van der Waals surface area contributed by atoms with Gasteiger partial charge in [-0.05, 0) is 49.0 Å². The Labute approximate surface area is 199 Å². The molecule has 2 amide bonds. The highest BCUT2D eigenvalue weighted by Crippen LogP contribution is 2.30. The zero-order chi connectivity index (χ0) is 24.2. The molecule has 10 heteroatoms. The van der Waals surface area contributed by atoms with E-state index in [0.717, 1.165) is 28.7 Å². The van der Waals surface area contributed by atoms with Gasteiger partial charge in [0.25, 0.3) is 5.91 Å². The minimum Gasteiger partial charge on any atom is -0.497 e. The quantitative estimate of drug-likeness (QED) is 0.576. The van der Waals surface area contributed by atoms with Crippen molar-refractivity contribution in [3.63, 3.8) is 0 Å². The monoisotopic (exact) mass is 493 g/mol. The summed E-state index contributed by atoms with van der Waals surface area (Å²) in [6.45, 7) is 6.08. The molecular formula is C23H28ClN3O5S. The number of nitrogens with one attached hydrogen (secondary N) is 1. The number of ether oxygens (including phenoxy) is 1.